The molecule has 1 heterocycles. The summed E-state index contributed by atoms with van der Waals surface area (Å²) in [6, 6.07) is 7.02. The smallest absolute Gasteiger partial charge is 0.286 e. The largest absolute Gasteiger partial charge is 0.353 e. The maximum absolute atomic E-state index is 12.4. The molecular formula is C20H29N3O3S. The number of nitrogens with zero attached hydrogens (tertiary/aromatic N) is 1. The van der Waals surface area contributed by atoms with Crippen LogP contribution in [0.25, 0.3) is 0 Å². The van der Waals surface area contributed by atoms with E-state index in [9.17, 15) is 13.2 Å². The molecule has 148 valence electrons. The summed E-state index contributed by atoms with van der Waals surface area (Å²) in [7, 11) is -3.67. The van der Waals surface area contributed by atoms with E-state index in [0.29, 0.717) is 24.4 Å². The number of carbonyl (C=O) groups is 1. The predicted octanol–water partition coefficient (Wildman–Crippen LogP) is 3.84. The lowest BCUT2D eigenvalue weighted by atomic mass is 9.96. The Balaban J connectivity index is 1.54. The van der Waals surface area contributed by atoms with Crippen LogP contribution in [0.1, 0.15) is 64.7 Å². The number of nitrogens with one attached hydrogen (secondary N) is 2. The van der Waals surface area contributed by atoms with Crippen LogP contribution in [0.4, 0.5) is 5.69 Å². The van der Waals surface area contributed by atoms with Crippen molar-refractivity contribution in [2.75, 3.05) is 5.32 Å². The third kappa shape index (κ3) is 5.54. The molecule has 0 spiro atoms. The first-order valence-corrected chi connectivity index (χ1v) is 11.4. The van der Waals surface area contributed by atoms with Gasteiger partial charge in [0.2, 0.25) is 5.91 Å². The summed E-state index contributed by atoms with van der Waals surface area (Å²) >= 11 is 0. The van der Waals surface area contributed by atoms with Gasteiger partial charge in [-0.2, -0.15) is 8.42 Å². The molecule has 0 unspecified atom stereocenters. The van der Waals surface area contributed by atoms with Crippen LogP contribution in [-0.4, -0.2) is 26.2 Å². The summed E-state index contributed by atoms with van der Waals surface area (Å²) in [4.78, 5) is 12.6. The Morgan fingerprint density at radius 3 is 2.59 bits per heavy atom. The van der Waals surface area contributed by atoms with Gasteiger partial charge in [0.15, 0.2) is 0 Å². The van der Waals surface area contributed by atoms with E-state index in [1.165, 1.54) is 32.1 Å². The molecule has 7 heteroatoms. The fraction of sp³-hybridized carbons (Fsp3) is 0.600. The number of hydrogen-bond donors (Lipinski definition) is 2. The molecule has 1 fully saturated rings. The number of para-hydroxylation sites is 1. The number of carbonyl (C=O) groups excluding carboxylic acids is 1. The summed E-state index contributed by atoms with van der Waals surface area (Å²) < 4.78 is 28.5. The van der Waals surface area contributed by atoms with Crippen molar-refractivity contribution in [2.45, 2.75) is 75.6 Å². The molecule has 2 aliphatic rings. The van der Waals surface area contributed by atoms with Gasteiger partial charge < -0.3 is 10.6 Å². The van der Waals surface area contributed by atoms with Crippen molar-refractivity contribution in [2.24, 2.45) is 10.3 Å². The molecule has 1 amide bonds. The average molecular weight is 392 g/mol. The van der Waals surface area contributed by atoms with Crippen LogP contribution in [0.5, 0.6) is 0 Å². The molecule has 3 rings (SSSR count). The molecule has 0 aromatic heterocycles. The Kier molecular flexibility index (Phi) is 6.52. The van der Waals surface area contributed by atoms with E-state index in [0.717, 1.165) is 12.8 Å². The number of benzene rings is 1. The van der Waals surface area contributed by atoms with Crippen LogP contribution in [0.2, 0.25) is 0 Å². The summed E-state index contributed by atoms with van der Waals surface area (Å²) in [6.45, 7) is 1.95. The van der Waals surface area contributed by atoms with Gasteiger partial charge in [-0.05, 0) is 30.9 Å². The highest BCUT2D eigenvalue weighted by atomic mass is 32.2. The fourth-order valence-corrected chi connectivity index (χ4v) is 5.02. The van der Waals surface area contributed by atoms with Gasteiger partial charge in [-0.15, -0.1) is 4.40 Å². The van der Waals surface area contributed by atoms with Crippen LogP contribution < -0.4 is 10.6 Å². The predicted molar refractivity (Wildman–Crippen MR) is 107 cm³/mol. The first kappa shape index (κ1) is 19.9. The Bertz CT molecular complexity index is 796. The molecule has 1 atom stereocenters. The van der Waals surface area contributed by atoms with Gasteiger partial charge in [-0.25, -0.2) is 0 Å². The highest BCUT2D eigenvalue weighted by Crippen LogP contribution is 2.28. The number of amides is 1. The molecule has 0 saturated heterocycles. The molecule has 1 aromatic rings. The summed E-state index contributed by atoms with van der Waals surface area (Å²) in [5.74, 6) is 0.456. The van der Waals surface area contributed by atoms with Crippen LogP contribution >= 0.6 is 0 Å². The van der Waals surface area contributed by atoms with Crippen molar-refractivity contribution in [3.63, 3.8) is 0 Å². The van der Waals surface area contributed by atoms with Gasteiger partial charge >= 0.3 is 0 Å². The van der Waals surface area contributed by atoms with E-state index in [1.54, 1.807) is 24.3 Å². The maximum Gasteiger partial charge on any atom is 0.286 e. The monoisotopic (exact) mass is 391 g/mol. The number of rotatable bonds is 5. The van der Waals surface area contributed by atoms with Crippen LogP contribution in [-0.2, 0) is 14.8 Å². The molecule has 27 heavy (non-hydrogen) atoms. The van der Waals surface area contributed by atoms with E-state index in [1.807, 2.05) is 6.92 Å². The number of anilines is 1. The minimum atomic E-state index is -3.67. The minimum absolute atomic E-state index is 0.00488. The highest BCUT2D eigenvalue weighted by molar-refractivity contribution is 7.90. The SMILES string of the molecule is C[C@H](CC(=O)NC1CCCCCCC1)CC1=NS(=O)(=O)c2ccccc2N1. The van der Waals surface area contributed by atoms with E-state index < -0.39 is 10.0 Å². The minimum Gasteiger partial charge on any atom is -0.353 e. The van der Waals surface area contributed by atoms with Crippen LogP contribution in [0, 0.1) is 5.92 Å². The van der Waals surface area contributed by atoms with Crippen molar-refractivity contribution in [1.29, 1.82) is 0 Å². The lowest BCUT2D eigenvalue weighted by Gasteiger charge is -2.23. The molecule has 6 nitrogen and oxygen atoms in total. The second-order valence-electron chi connectivity index (χ2n) is 7.76. The Morgan fingerprint density at radius 2 is 1.85 bits per heavy atom. The molecular weight excluding hydrogens is 362 g/mol. The standard InChI is InChI=1S/C20H29N3O3S/c1-15(14-20(24)21-16-9-5-3-2-4-6-10-16)13-19-22-17-11-7-8-12-18(17)27(25,26)23-19/h7-8,11-12,15-16H,2-6,9-10,13-14H2,1H3,(H,21,24)(H,22,23)/t15-/m0/s1. The summed E-state index contributed by atoms with van der Waals surface area (Å²) in [5, 5.41) is 6.26. The van der Waals surface area contributed by atoms with Crippen LogP contribution in [0.15, 0.2) is 33.6 Å². The normalized spacial score (nSPS) is 21.0. The zero-order chi connectivity index (χ0) is 19.3. The lowest BCUT2D eigenvalue weighted by Crippen LogP contribution is -2.36. The van der Waals surface area contributed by atoms with Gasteiger partial charge in [0, 0.05) is 18.9 Å². The molecule has 0 radical (unpaired) electrons. The number of amidine groups is 1. The van der Waals surface area contributed by atoms with Gasteiger partial charge in [0.25, 0.3) is 10.0 Å². The number of fused-ring (bicyclic) bond motifs is 1. The van der Waals surface area contributed by atoms with E-state index in [4.69, 9.17) is 0 Å². The Labute approximate surface area is 161 Å². The van der Waals surface area contributed by atoms with Crippen molar-refractivity contribution in [1.82, 2.24) is 5.32 Å². The summed E-state index contributed by atoms with van der Waals surface area (Å²) in [5.41, 5.74) is 0.550. The number of hydrogen-bond acceptors (Lipinski definition) is 4. The quantitative estimate of drug-likeness (QED) is 0.798. The zero-order valence-corrected chi connectivity index (χ0v) is 16.7. The van der Waals surface area contributed by atoms with E-state index in [-0.39, 0.29) is 22.8 Å². The van der Waals surface area contributed by atoms with Gasteiger partial charge in [-0.3, -0.25) is 4.79 Å². The number of sulfonamides is 1. The third-order valence-electron chi connectivity index (χ3n) is 5.22. The molecule has 1 aromatic carbocycles. The highest BCUT2D eigenvalue weighted by Gasteiger charge is 2.25. The van der Waals surface area contributed by atoms with E-state index in [2.05, 4.69) is 15.0 Å². The van der Waals surface area contributed by atoms with Crippen molar-refractivity contribution in [3.05, 3.63) is 24.3 Å². The third-order valence-corrected chi connectivity index (χ3v) is 6.59. The molecule has 1 saturated carbocycles. The Hall–Kier alpha value is -1.89. The fourth-order valence-electron chi connectivity index (χ4n) is 3.86. The Morgan fingerprint density at radius 1 is 1.19 bits per heavy atom. The first-order valence-electron chi connectivity index (χ1n) is 9.93. The maximum atomic E-state index is 12.4. The first-order chi connectivity index (χ1) is 12.9. The van der Waals surface area contributed by atoms with Crippen molar-refractivity contribution in [3.8, 4) is 0 Å². The summed E-state index contributed by atoms with van der Waals surface area (Å²) in [6.07, 6.45) is 9.08. The van der Waals surface area contributed by atoms with Crippen molar-refractivity contribution < 1.29 is 13.2 Å². The van der Waals surface area contributed by atoms with E-state index >= 15 is 0 Å². The lowest BCUT2D eigenvalue weighted by molar-refractivity contribution is -0.122. The van der Waals surface area contributed by atoms with Gasteiger partial charge in [-0.1, -0.05) is 51.2 Å². The van der Waals surface area contributed by atoms with Gasteiger partial charge in [0.05, 0.1) is 5.69 Å². The molecule has 2 N–H and O–H groups in total. The molecule has 0 bridgehead atoms. The molecule has 1 aliphatic carbocycles. The average Bonchev–Trinajstić information content (AvgIpc) is 2.56. The second kappa shape index (κ2) is 8.87. The van der Waals surface area contributed by atoms with Gasteiger partial charge in [0.1, 0.15) is 10.7 Å². The zero-order valence-electron chi connectivity index (χ0n) is 15.9. The van der Waals surface area contributed by atoms with Crippen molar-refractivity contribution >= 4 is 27.5 Å². The second-order valence-corrected chi connectivity index (χ2v) is 9.33. The molecule has 1 aliphatic heterocycles. The topological polar surface area (TPSA) is 87.6 Å². The van der Waals surface area contributed by atoms with Crippen LogP contribution in [0.3, 0.4) is 0 Å².